The second kappa shape index (κ2) is 11.2. The molecule has 0 radical (unpaired) electrons. The van der Waals surface area contributed by atoms with E-state index in [-0.39, 0.29) is 25.1 Å². The number of thiazole rings is 1. The van der Waals surface area contributed by atoms with Gasteiger partial charge in [-0.25, -0.2) is 4.98 Å². The molecular formula is C25H28ClN3O4S. The topological polar surface area (TPSA) is 64.1 Å². The number of aromatic nitrogens is 1. The highest BCUT2D eigenvalue weighted by Gasteiger charge is 2.19. The van der Waals surface area contributed by atoms with Gasteiger partial charge in [-0.1, -0.05) is 23.5 Å². The number of hydrogen-bond acceptors (Lipinski definition) is 7. The Kier molecular flexibility index (Phi) is 8.05. The Hall–Kier alpha value is -2.65. The molecule has 0 unspecified atom stereocenters. The zero-order chi connectivity index (χ0) is 22.6. The van der Waals surface area contributed by atoms with Crippen LogP contribution in [0.25, 0.3) is 16.3 Å². The molecule has 180 valence electrons. The van der Waals surface area contributed by atoms with Gasteiger partial charge < -0.3 is 14.2 Å². The molecule has 0 saturated carbocycles. The van der Waals surface area contributed by atoms with Crippen LogP contribution in [0.3, 0.4) is 0 Å². The second-order valence-electron chi connectivity index (χ2n) is 8.21. The summed E-state index contributed by atoms with van der Waals surface area (Å²) in [4.78, 5) is 22.2. The van der Waals surface area contributed by atoms with Crippen molar-refractivity contribution in [2.24, 2.45) is 0 Å². The van der Waals surface area contributed by atoms with E-state index >= 15 is 0 Å². The first kappa shape index (κ1) is 24.5. The molecule has 2 aliphatic heterocycles. The van der Waals surface area contributed by atoms with E-state index in [0.717, 1.165) is 65.9 Å². The van der Waals surface area contributed by atoms with E-state index in [1.165, 1.54) is 5.56 Å². The SMILES string of the molecule is Cc1ccc2nc(N(CCCN3CCOCC3)C(=O)/C=C/c3ccc4c(c3)OCO4)sc2c1.Cl. The predicted octanol–water partition coefficient (Wildman–Crippen LogP) is 4.52. The standard InChI is InChI=1S/C25H27N3O4S.ClH/c1-18-3-6-20-23(15-18)33-25(26-20)28(10-2-9-27-11-13-30-14-12-27)24(29)8-5-19-4-7-21-22(16-19)32-17-31-21;/h3-8,15-16H,2,9-14,17H2,1H3;1H/b8-5+;. The monoisotopic (exact) mass is 501 g/mol. The number of carbonyl (C=O) groups excluding carboxylic acids is 1. The van der Waals surface area contributed by atoms with Crippen molar-refractivity contribution in [1.82, 2.24) is 9.88 Å². The number of ether oxygens (including phenoxy) is 3. The first-order chi connectivity index (χ1) is 16.2. The molecule has 0 atom stereocenters. The molecule has 1 amide bonds. The Labute approximate surface area is 209 Å². The van der Waals surface area contributed by atoms with Gasteiger partial charge in [-0.2, -0.15) is 0 Å². The molecule has 7 nitrogen and oxygen atoms in total. The maximum atomic E-state index is 13.3. The van der Waals surface area contributed by atoms with Crippen LogP contribution in [0.2, 0.25) is 0 Å². The Morgan fingerprint density at radius 1 is 1.15 bits per heavy atom. The third-order valence-electron chi connectivity index (χ3n) is 5.80. The summed E-state index contributed by atoms with van der Waals surface area (Å²) >= 11 is 1.56. The Balaban J connectivity index is 0.00000274. The van der Waals surface area contributed by atoms with E-state index in [9.17, 15) is 4.79 Å². The molecule has 0 spiro atoms. The number of hydrogen-bond donors (Lipinski definition) is 0. The lowest BCUT2D eigenvalue weighted by molar-refractivity contribution is -0.114. The van der Waals surface area contributed by atoms with Crippen LogP contribution < -0.4 is 14.4 Å². The summed E-state index contributed by atoms with van der Waals surface area (Å²) in [7, 11) is 0. The normalized spacial score (nSPS) is 15.6. The molecule has 1 saturated heterocycles. The fraction of sp³-hybridized carbons (Fsp3) is 0.360. The number of morpholine rings is 1. The minimum Gasteiger partial charge on any atom is -0.454 e. The highest BCUT2D eigenvalue weighted by Crippen LogP contribution is 2.33. The number of benzene rings is 2. The van der Waals surface area contributed by atoms with Crippen molar-refractivity contribution in [3.8, 4) is 11.5 Å². The van der Waals surface area contributed by atoms with Crippen molar-refractivity contribution < 1.29 is 19.0 Å². The summed E-state index contributed by atoms with van der Waals surface area (Å²) in [5, 5.41) is 0.734. The largest absolute Gasteiger partial charge is 0.454 e. The Bertz CT molecular complexity index is 1180. The van der Waals surface area contributed by atoms with Crippen molar-refractivity contribution in [3.05, 3.63) is 53.6 Å². The van der Waals surface area contributed by atoms with Crippen molar-refractivity contribution in [2.75, 3.05) is 51.1 Å². The van der Waals surface area contributed by atoms with Gasteiger partial charge in [0.25, 0.3) is 5.91 Å². The van der Waals surface area contributed by atoms with Crippen molar-refractivity contribution in [1.29, 1.82) is 0 Å². The molecule has 0 bridgehead atoms. The average molecular weight is 502 g/mol. The number of aryl methyl sites for hydroxylation is 1. The lowest BCUT2D eigenvalue weighted by Gasteiger charge is -2.27. The lowest BCUT2D eigenvalue weighted by Crippen LogP contribution is -2.39. The minimum absolute atomic E-state index is 0. The maximum Gasteiger partial charge on any atom is 0.252 e. The summed E-state index contributed by atoms with van der Waals surface area (Å²) < 4.78 is 17.3. The van der Waals surface area contributed by atoms with Gasteiger partial charge in [0, 0.05) is 32.3 Å². The summed E-state index contributed by atoms with van der Waals surface area (Å²) in [6, 6.07) is 11.9. The van der Waals surface area contributed by atoms with Gasteiger partial charge in [-0.3, -0.25) is 14.6 Å². The van der Waals surface area contributed by atoms with Crippen LogP contribution >= 0.6 is 23.7 Å². The number of rotatable bonds is 7. The highest BCUT2D eigenvalue weighted by atomic mass is 35.5. The van der Waals surface area contributed by atoms with Crippen LogP contribution in [0.4, 0.5) is 5.13 Å². The Morgan fingerprint density at radius 2 is 1.97 bits per heavy atom. The number of anilines is 1. The van der Waals surface area contributed by atoms with Crippen LogP contribution in [0, 0.1) is 6.92 Å². The quantitative estimate of drug-likeness (QED) is 0.443. The van der Waals surface area contributed by atoms with E-state index in [4.69, 9.17) is 19.2 Å². The molecule has 0 N–H and O–H groups in total. The maximum absolute atomic E-state index is 13.3. The smallest absolute Gasteiger partial charge is 0.252 e. The highest BCUT2D eigenvalue weighted by molar-refractivity contribution is 7.22. The van der Waals surface area contributed by atoms with Crippen LogP contribution in [0.1, 0.15) is 17.5 Å². The fourth-order valence-electron chi connectivity index (χ4n) is 3.99. The lowest BCUT2D eigenvalue weighted by atomic mass is 10.2. The third kappa shape index (κ3) is 5.70. The molecule has 34 heavy (non-hydrogen) atoms. The molecule has 1 fully saturated rings. The van der Waals surface area contributed by atoms with Gasteiger partial charge in [0.15, 0.2) is 16.6 Å². The van der Waals surface area contributed by atoms with E-state index in [2.05, 4.69) is 24.0 Å². The number of halogens is 1. The van der Waals surface area contributed by atoms with Crippen LogP contribution in [0.15, 0.2) is 42.5 Å². The van der Waals surface area contributed by atoms with Gasteiger partial charge in [-0.15, -0.1) is 12.4 Å². The predicted molar refractivity (Wildman–Crippen MR) is 137 cm³/mol. The van der Waals surface area contributed by atoms with Crippen molar-refractivity contribution in [2.45, 2.75) is 13.3 Å². The van der Waals surface area contributed by atoms with Crippen LogP contribution in [-0.4, -0.2) is 62.0 Å². The van der Waals surface area contributed by atoms with Gasteiger partial charge >= 0.3 is 0 Å². The molecule has 3 aromatic rings. The van der Waals surface area contributed by atoms with Gasteiger partial charge in [0.1, 0.15) is 0 Å². The fourth-order valence-corrected chi connectivity index (χ4v) is 5.08. The number of amides is 1. The Morgan fingerprint density at radius 3 is 2.82 bits per heavy atom. The van der Waals surface area contributed by atoms with Crippen LogP contribution in [-0.2, 0) is 9.53 Å². The zero-order valence-electron chi connectivity index (χ0n) is 19.1. The number of carbonyl (C=O) groups is 1. The number of fused-ring (bicyclic) bond motifs is 2. The van der Waals surface area contributed by atoms with E-state index in [1.807, 2.05) is 30.3 Å². The molecular weight excluding hydrogens is 474 g/mol. The molecule has 3 heterocycles. The summed E-state index contributed by atoms with van der Waals surface area (Å²) in [6.45, 7) is 7.28. The number of nitrogens with zero attached hydrogens (tertiary/aromatic N) is 3. The minimum atomic E-state index is -0.0783. The molecule has 0 aliphatic carbocycles. The van der Waals surface area contributed by atoms with Crippen molar-refractivity contribution >= 4 is 51.1 Å². The first-order valence-corrected chi connectivity index (χ1v) is 12.0. The second-order valence-corrected chi connectivity index (χ2v) is 9.22. The zero-order valence-corrected chi connectivity index (χ0v) is 20.7. The van der Waals surface area contributed by atoms with E-state index in [0.29, 0.717) is 12.3 Å². The van der Waals surface area contributed by atoms with Crippen molar-refractivity contribution in [3.63, 3.8) is 0 Å². The first-order valence-electron chi connectivity index (χ1n) is 11.2. The molecule has 1 aromatic heterocycles. The van der Waals surface area contributed by atoms with Gasteiger partial charge in [-0.05, 0) is 54.8 Å². The van der Waals surface area contributed by atoms with Gasteiger partial charge in [0.2, 0.25) is 6.79 Å². The average Bonchev–Trinajstić information content (AvgIpc) is 3.47. The molecule has 5 rings (SSSR count). The summed E-state index contributed by atoms with van der Waals surface area (Å²) in [5.74, 6) is 1.35. The third-order valence-corrected chi connectivity index (χ3v) is 6.85. The molecule has 9 heteroatoms. The van der Waals surface area contributed by atoms with E-state index < -0.39 is 0 Å². The molecule has 2 aliphatic rings. The molecule has 2 aromatic carbocycles. The van der Waals surface area contributed by atoms with E-state index in [1.54, 1.807) is 22.3 Å². The van der Waals surface area contributed by atoms with Gasteiger partial charge in [0.05, 0.1) is 23.4 Å². The van der Waals surface area contributed by atoms with Crippen LogP contribution in [0.5, 0.6) is 11.5 Å². The summed E-state index contributed by atoms with van der Waals surface area (Å²) in [6.07, 6.45) is 4.30. The summed E-state index contributed by atoms with van der Waals surface area (Å²) in [5.41, 5.74) is 3.00.